The van der Waals surface area contributed by atoms with Crippen molar-refractivity contribution in [1.29, 1.82) is 0 Å². The number of halogens is 3. The number of aryl methyl sites for hydroxylation is 1. The lowest BCUT2D eigenvalue weighted by molar-refractivity contribution is -0.192. The molecular formula is C18H26F3NO5. The Balaban J connectivity index is 0.000000821. The van der Waals surface area contributed by atoms with Crippen LogP contribution in [0.3, 0.4) is 0 Å². The minimum Gasteiger partial charge on any atom is -0.493 e. The largest absolute Gasteiger partial charge is 0.493 e. The number of rotatable bonds is 10. The number of aliphatic carboxylic acids is 2. The van der Waals surface area contributed by atoms with E-state index in [1.54, 1.807) is 0 Å². The average Bonchev–Trinajstić information content (AvgIpc) is 2.56. The number of benzene rings is 1. The van der Waals surface area contributed by atoms with Crippen molar-refractivity contribution in [2.75, 3.05) is 19.7 Å². The molecule has 0 aliphatic rings. The summed E-state index contributed by atoms with van der Waals surface area (Å²) in [6, 6.07) is 8.18. The Morgan fingerprint density at radius 3 is 2.33 bits per heavy atom. The Morgan fingerprint density at radius 1 is 1.19 bits per heavy atom. The lowest BCUT2D eigenvalue weighted by atomic mass is 10.1. The topological polar surface area (TPSA) is 95.9 Å². The molecule has 1 aromatic carbocycles. The summed E-state index contributed by atoms with van der Waals surface area (Å²) in [5.74, 6) is -2.06. The summed E-state index contributed by atoms with van der Waals surface area (Å²) >= 11 is 0. The van der Waals surface area contributed by atoms with Crippen molar-refractivity contribution < 1.29 is 37.7 Å². The molecule has 0 aliphatic heterocycles. The third-order valence-corrected chi connectivity index (χ3v) is 3.06. The van der Waals surface area contributed by atoms with Gasteiger partial charge in [0.05, 0.1) is 13.0 Å². The van der Waals surface area contributed by atoms with Gasteiger partial charge in [0.25, 0.3) is 0 Å². The standard InChI is InChI=1S/C16H25NO3.C2HF3O2/c1-13(2)12-20-15-7-3-5-14(11-15)6-4-9-17-10-8-16(18)19;3-2(4,5)1(6)7/h3,5,7,11,13,17H,4,6,8-10,12H2,1-2H3,(H,18,19);(H,6,7). The predicted octanol–water partition coefficient (Wildman–Crippen LogP) is 3.35. The molecule has 0 saturated heterocycles. The number of alkyl halides is 3. The van der Waals surface area contributed by atoms with Crippen molar-refractivity contribution in [3.8, 4) is 5.75 Å². The third kappa shape index (κ3) is 14.6. The highest BCUT2D eigenvalue weighted by Gasteiger charge is 2.38. The number of carboxylic acids is 2. The molecule has 6 nitrogen and oxygen atoms in total. The first kappa shape index (κ1) is 24.7. The Kier molecular flexibility index (Phi) is 11.9. The maximum atomic E-state index is 10.6. The molecule has 0 amide bonds. The van der Waals surface area contributed by atoms with Crippen LogP contribution in [0.4, 0.5) is 13.2 Å². The van der Waals surface area contributed by atoms with Crippen LogP contribution in [0.1, 0.15) is 32.3 Å². The highest BCUT2D eigenvalue weighted by atomic mass is 19.4. The molecule has 0 fully saturated rings. The summed E-state index contributed by atoms with van der Waals surface area (Å²) in [6.45, 7) is 6.37. The number of nitrogens with one attached hydrogen (secondary N) is 1. The second-order valence-corrected chi connectivity index (χ2v) is 6.15. The molecule has 0 aromatic heterocycles. The SMILES string of the molecule is CC(C)COc1cccc(CCCNCCC(=O)O)c1.O=C(O)C(F)(F)F. The fraction of sp³-hybridized carbons (Fsp3) is 0.556. The number of ether oxygens (including phenoxy) is 1. The molecule has 0 saturated carbocycles. The number of hydrogen-bond donors (Lipinski definition) is 3. The summed E-state index contributed by atoms with van der Waals surface area (Å²) in [5.41, 5.74) is 1.26. The van der Waals surface area contributed by atoms with E-state index in [0.717, 1.165) is 31.7 Å². The van der Waals surface area contributed by atoms with E-state index in [2.05, 4.69) is 31.3 Å². The van der Waals surface area contributed by atoms with Crippen LogP contribution in [0.25, 0.3) is 0 Å². The summed E-state index contributed by atoms with van der Waals surface area (Å²) < 4.78 is 37.4. The number of hydrogen-bond acceptors (Lipinski definition) is 4. The molecule has 0 bridgehead atoms. The molecular weight excluding hydrogens is 367 g/mol. The van der Waals surface area contributed by atoms with E-state index in [9.17, 15) is 18.0 Å². The summed E-state index contributed by atoms with van der Waals surface area (Å²) in [4.78, 5) is 19.2. The van der Waals surface area contributed by atoms with Crippen molar-refractivity contribution in [3.05, 3.63) is 29.8 Å². The van der Waals surface area contributed by atoms with E-state index in [4.69, 9.17) is 19.7 Å². The monoisotopic (exact) mass is 393 g/mol. The molecule has 0 radical (unpaired) electrons. The molecule has 1 aromatic rings. The van der Waals surface area contributed by atoms with Crippen LogP contribution in [-0.2, 0) is 16.0 Å². The molecule has 27 heavy (non-hydrogen) atoms. The van der Waals surface area contributed by atoms with Gasteiger partial charge < -0.3 is 20.3 Å². The van der Waals surface area contributed by atoms with Crippen molar-refractivity contribution in [2.24, 2.45) is 5.92 Å². The van der Waals surface area contributed by atoms with E-state index >= 15 is 0 Å². The fourth-order valence-corrected chi connectivity index (χ4v) is 1.79. The molecule has 0 aliphatic carbocycles. The average molecular weight is 393 g/mol. The summed E-state index contributed by atoms with van der Waals surface area (Å²) in [5, 5.41) is 18.8. The van der Waals surface area contributed by atoms with Gasteiger partial charge in [-0.3, -0.25) is 4.79 Å². The van der Waals surface area contributed by atoms with E-state index < -0.39 is 18.1 Å². The van der Waals surface area contributed by atoms with Gasteiger partial charge in [-0.05, 0) is 43.0 Å². The van der Waals surface area contributed by atoms with Gasteiger partial charge in [0.2, 0.25) is 0 Å². The van der Waals surface area contributed by atoms with Gasteiger partial charge in [-0.15, -0.1) is 0 Å². The number of carboxylic acid groups (broad SMARTS) is 2. The maximum Gasteiger partial charge on any atom is 0.490 e. The van der Waals surface area contributed by atoms with Crippen LogP contribution < -0.4 is 10.1 Å². The van der Waals surface area contributed by atoms with Crippen molar-refractivity contribution >= 4 is 11.9 Å². The summed E-state index contributed by atoms with van der Waals surface area (Å²) in [6.07, 6.45) is -2.94. The smallest absolute Gasteiger partial charge is 0.490 e. The third-order valence-electron chi connectivity index (χ3n) is 3.06. The predicted molar refractivity (Wildman–Crippen MR) is 93.9 cm³/mol. The van der Waals surface area contributed by atoms with Crippen LogP contribution in [-0.4, -0.2) is 48.0 Å². The zero-order valence-electron chi connectivity index (χ0n) is 15.4. The first-order chi connectivity index (χ1) is 12.5. The van der Waals surface area contributed by atoms with Gasteiger partial charge in [0.15, 0.2) is 0 Å². The van der Waals surface area contributed by atoms with E-state index in [0.29, 0.717) is 12.5 Å². The zero-order valence-corrected chi connectivity index (χ0v) is 15.4. The Labute approximate surface area is 156 Å². The van der Waals surface area contributed by atoms with Crippen molar-refractivity contribution in [2.45, 2.75) is 39.3 Å². The first-order valence-corrected chi connectivity index (χ1v) is 8.46. The maximum absolute atomic E-state index is 10.6. The molecule has 154 valence electrons. The van der Waals surface area contributed by atoms with Crippen LogP contribution in [0.5, 0.6) is 5.75 Å². The van der Waals surface area contributed by atoms with E-state index in [-0.39, 0.29) is 6.42 Å². The Hall–Kier alpha value is -2.29. The minimum atomic E-state index is -5.08. The van der Waals surface area contributed by atoms with Crippen LogP contribution >= 0.6 is 0 Å². The van der Waals surface area contributed by atoms with Crippen LogP contribution in [0, 0.1) is 5.92 Å². The first-order valence-electron chi connectivity index (χ1n) is 8.46. The van der Waals surface area contributed by atoms with Gasteiger partial charge in [0.1, 0.15) is 5.75 Å². The molecule has 0 unspecified atom stereocenters. The zero-order chi connectivity index (χ0) is 20.9. The highest BCUT2D eigenvalue weighted by Crippen LogP contribution is 2.15. The Morgan fingerprint density at radius 2 is 1.81 bits per heavy atom. The van der Waals surface area contributed by atoms with Gasteiger partial charge in [-0.1, -0.05) is 26.0 Å². The van der Waals surface area contributed by atoms with Crippen molar-refractivity contribution in [1.82, 2.24) is 5.32 Å². The minimum absolute atomic E-state index is 0.179. The van der Waals surface area contributed by atoms with Gasteiger partial charge in [-0.25, -0.2) is 4.79 Å². The van der Waals surface area contributed by atoms with E-state index in [1.165, 1.54) is 5.56 Å². The van der Waals surface area contributed by atoms with Gasteiger partial charge in [0, 0.05) is 6.54 Å². The van der Waals surface area contributed by atoms with Gasteiger partial charge >= 0.3 is 18.1 Å². The van der Waals surface area contributed by atoms with Crippen molar-refractivity contribution in [3.63, 3.8) is 0 Å². The fourth-order valence-electron chi connectivity index (χ4n) is 1.79. The normalized spacial score (nSPS) is 10.9. The molecule has 0 atom stereocenters. The van der Waals surface area contributed by atoms with Crippen LogP contribution in [0.2, 0.25) is 0 Å². The second-order valence-electron chi connectivity index (χ2n) is 6.15. The summed E-state index contributed by atoms with van der Waals surface area (Å²) in [7, 11) is 0. The highest BCUT2D eigenvalue weighted by molar-refractivity contribution is 5.73. The molecule has 9 heteroatoms. The molecule has 0 spiro atoms. The lowest BCUT2D eigenvalue weighted by Gasteiger charge is -2.10. The quantitative estimate of drug-likeness (QED) is 0.528. The Bertz CT molecular complexity index is 576. The van der Waals surface area contributed by atoms with Crippen LogP contribution in [0.15, 0.2) is 24.3 Å². The van der Waals surface area contributed by atoms with Gasteiger partial charge in [-0.2, -0.15) is 13.2 Å². The molecule has 0 heterocycles. The molecule has 3 N–H and O–H groups in total. The molecule has 1 rings (SSSR count). The number of carbonyl (C=O) groups is 2. The van der Waals surface area contributed by atoms with E-state index in [1.807, 2.05) is 12.1 Å². The second kappa shape index (κ2) is 13.0. The lowest BCUT2D eigenvalue weighted by Crippen LogP contribution is -2.21.